The molecule has 1 heterocycles. The van der Waals surface area contributed by atoms with Gasteiger partial charge in [-0.25, -0.2) is 0 Å². The third kappa shape index (κ3) is 2.84. The van der Waals surface area contributed by atoms with Gasteiger partial charge in [-0.2, -0.15) is 13.2 Å². The highest BCUT2D eigenvalue weighted by atomic mass is 35.5. The minimum Gasteiger partial charge on any atom is -0.330 e. The smallest absolute Gasteiger partial charge is 0.330 e. The van der Waals surface area contributed by atoms with Gasteiger partial charge in [-0.3, -0.25) is 4.79 Å². The largest absolute Gasteiger partial charge is 0.416 e. The van der Waals surface area contributed by atoms with Crippen LogP contribution in [0.3, 0.4) is 0 Å². The summed E-state index contributed by atoms with van der Waals surface area (Å²) in [5, 5.41) is -0.0825. The molecule has 1 aliphatic heterocycles. The van der Waals surface area contributed by atoms with E-state index in [0.29, 0.717) is 25.2 Å². The highest BCUT2D eigenvalue weighted by molar-refractivity contribution is 6.34. The lowest BCUT2D eigenvalue weighted by atomic mass is 10.1. The summed E-state index contributed by atoms with van der Waals surface area (Å²) in [6, 6.07) is 2.98. The van der Waals surface area contributed by atoms with E-state index in [0.717, 1.165) is 12.1 Å². The van der Waals surface area contributed by atoms with Gasteiger partial charge < -0.3 is 10.6 Å². The van der Waals surface area contributed by atoms with Crippen LogP contribution in [0.25, 0.3) is 0 Å². The van der Waals surface area contributed by atoms with Crippen LogP contribution < -0.4 is 10.6 Å². The zero-order chi connectivity index (χ0) is 14.2. The van der Waals surface area contributed by atoms with Crippen molar-refractivity contribution in [2.24, 2.45) is 11.7 Å². The first-order valence-electron chi connectivity index (χ1n) is 5.70. The molecule has 1 unspecified atom stereocenters. The first-order chi connectivity index (χ1) is 8.82. The molecule has 2 rings (SSSR count). The fourth-order valence-corrected chi connectivity index (χ4v) is 2.36. The summed E-state index contributed by atoms with van der Waals surface area (Å²) in [6.07, 6.45) is -4.15. The molecule has 7 heteroatoms. The molecule has 0 saturated carbocycles. The summed E-state index contributed by atoms with van der Waals surface area (Å²) in [5.41, 5.74) is 4.97. The van der Waals surface area contributed by atoms with Crippen LogP contribution in [0.2, 0.25) is 5.02 Å². The van der Waals surface area contributed by atoms with Gasteiger partial charge in [0, 0.05) is 13.0 Å². The van der Waals surface area contributed by atoms with Crippen molar-refractivity contribution in [1.82, 2.24) is 0 Å². The van der Waals surface area contributed by atoms with E-state index in [9.17, 15) is 18.0 Å². The van der Waals surface area contributed by atoms with E-state index in [4.69, 9.17) is 17.3 Å². The lowest BCUT2D eigenvalue weighted by molar-refractivity contribution is -0.137. The Morgan fingerprint density at radius 3 is 2.58 bits per heavy atom. The Morgan fingerprint density at radius 1 is 1.42 bits per heavy atom. The van der Waals surface area contributed by atoms with Crippen molar-refractivity contribution in [2.45, 2.75) is 12.6 Å². The van der Waals surface area contributed by atoms with Gasteiger partial charge in [-0.15, -0.1) is 0 Å². The van der Waals surface area contributed by atoms with E-state index in [1.807, 2.05) is 0 Å². The molecule has 0 aliphatic carbocycles. The van der Waals surface area contributed by atoms with Crippen molar-refractivity contribution in [3.05, 3.63) is 28.8 Å². The summed E-state index contributed by atoms with van der Waals surface area (Å²) < 4.78 is 37.5. The molecule has 1 aromatic carbocycles. The molecule has 3 nitrogen and oxygen atoms in total. The Kier molecular flexibility index (Phi) is 3.73. The fraction of sp³-hybridized carbons (Fsp3) is 0.417. The van der Waals surface area contributed by atoms with Crippen molar-refractivity contribution in [1.29, 1.82) is 0 Å². The molecule has 1 saturated heterocycles. The number of alkyl halides is 3. The molecule has 1 amide bonds. The second-order valence-corrected chi connectivity index (χ2v) is 4.88. The molecule has 0 aromatic heterocycles. The quantitative estimate of drug-likeness (QED) is 0.911. The van der Waals surface area contributed by atoms with Gasteiger partial charge in [0.2, 0.25) is 5.91 Å². The van der Waals surface area contributed by atoms with E-state index in [1.165, 1.54) is 11.0 Å². The normalized spacial score (nSPS) is 20.2. The third-order valence-corrected chi connectivity index (χ3v) is 3.41. The maximum Gasteiger partial charge on any atom is 0.416 e. The summed E-state index contributed by atoms with van der Waals surface area (Å²) in [6.45, 7) is 0.751. The topological polar surface area (TPSA) is 46.3 Å². The molecule has 1 atom stereocenters. The minimum atomic E-state index is -4.45. The average Bonchev–Trinajstić information content (AvgIpc) is 2.69. The molecule has 0 radical (unpaired) electrons. The van der Waals surface area contributed by atoms with Crippen molar-refractivity contribution >= 4 is 23.2 Å². The Labute approximate surface area is 113 Å². The molecule has 0 spiro atoms. The van der Waals surface area contributed by atoms with Crippen LogP contribution in [0, 0.1) is 5.92 Å². The SMILES string of the molecule is NCC1CC(=O)N(c2ccc(C(F)(F)F)cc2Cl)C1. The number of benzene rings is 1. The number of nitrogens with two attached hydrogens (primary N) is 1. The molecule has 19 heavy (non-hydrogen) atoms. The van der Waals surface area contributed by atoms with E-state index in [1.54, 1.807) is 0 Å². The van der Waals surface area contributed by atoms with Gasteiger partial charge in [0.05, 0.1) is 16.3 Å². The van der Waals surface area contributed by atoms with Gasteiger partial charge in [0.15, 0.2) is 0 Å². The first-order valence-corrected chi connectivity index (χ1v) is 6.08. The number of carbonyl (C=O) groups excluding carboxylic acids is 1. The van der Waals surface area contributed by atoms with Gasteiger partial charge in [-0.05, 0) is 30.7 Å². The predicted molar refractivity (Wildman–Crippen MR) is 66.0 cm³/mol. The highest BCUT2D eigenvalue weighted by Crippen LogP contribution is 2.36. The van der Waals surface area contributed by atoms with Crippen LogP contribution >= 0.6 is 11.6 Å². The van der Waals surface area contributed by atoms with E-state index < -0.39 is 11.7 Å². The molecule has 2 N–H and O–H groups in total. The van der Waals surface area contributed by atoms with E-state index in [2.05, 4.69) is 0 Å². The van der Waals surface area contributed by atoms with Crippen molar-refractivity contribution in [2.75, 3.05) is 18.0 Å². The number of amides is 1. The second-order valence-electron chi connectivity index (χ2n) is 4.47. The maximum absolute atomic E-state index is 12.5. The molecule has 1 aliphatic rings. The molecular weight excluding hydrogens is 281 g/mol. The van der Waals surface area contributed by atoms with Gasteiger partial charge in [0.1, 0.15) is 0 Å². The number of hydrogen-bond donors (Lipinski definition) is 1. The number of halogens is 4. The van der Waals surface area contributed by atoms with Gasteiger partial charge in [-0.1, -0.05) is 11.6 Å². The van der Waals surface area contributed by atoms with Gasteiger partial charge in [0.25, 0.3) is 0 Å². The Hall–Kier alpha value is -1.27. The lowest BCUT2D eigenvalue weighted by Gasteiger charge is -2.19. The van der Waals surface area contributed by atoms with Crippen LogP contribution in [-0.4, -0.2) is 19.0 Å². The van der Waals surface area contributed by atoms with Crippen LogP contribution in [0.1, 0.15) is 12.0 Å². The number of rotatable bonds is 2. The van der Waals surface area contributed by atoms with Gasteiger partial charge >= 0.3 is 6.18 Å². The minimum absolute atomic E-state index is 0.0193. The van der Waals surface area contributed by atoms with Crippen molar-refractivity contribution in [3.63, 3.8) is 0 Å². The summed E-state index contributed by atoms with van der Waals surface area (Å²) in [4.78, 5) is 13.2. The number of hydrogen-bond acceptors (Lipinski definition) is 2. The van der Waals surface area contributed by atoms with Crippen molar-refractivity contribution in [3.8, 4) is 0 Å². The average molecular weight is 293 g/mol. The lowest BCUT2D eigenvalue weighted by Crippen LogP contribution is -2.26. The molecular formula is C12H12ClF3N2O. The molecule has 0 bridgehead atoms. The monoisotopic (exact) mass is 292 g/mol. The maximum atomic E-state index is 12.5. The zero-order valence-corrected chi connectivity index (χ0v) is 10.6. The van der Waals surface area contributed by atoms with Crippen LogP contribution in [0.15, 0.2) is 18.2 Å². The van der Waals surface area contributed by atoms with Crippen LogP contribution in [0.5, 0.6) is 0 Å². The molecule has 104 valence electrons. The standard InChI is InChI=1S/C12H12ClF3N2O/c13-9-4-8(12(14,15)16)1-2-10(9)18-6-7(5-17)3-11(18)19/h1-2,4,7H,3,5-6,17H2. The summed E-state index contributed by atoms with van der Waals surface area (Å²) in [7, 11) is 0. The summed E-state index contributed by atoms with van der Waals surface area (Å²) >= 11 is 5.85. The fourth-order valence-electron chi connectivity index (χ4n) is 2.07. The van der Waals surface area contributed by atoms with E-state index in [-0.39, 0.29) is 16.8 Å². The first kappa shape index (κ1) is 14.1. The van der Waals surface area contributed by atoms with Crippen LogP contribution in [-0.2, 0) is 11.0 Å². The number of nitrogens with zero attached hydrogens (tertiary/aromatic N) is 1. The van der Waals surface area contributed by atoms with Crippen LogP contribution in [0.4, 0.5) is 18.9 Å². The Morgan fingerprint density at radius 2 is 2.11 bits per heavy atom. The second kappa shape index (κ2) is 5.02. The molecule has 1 fully saturated rings. The number of anilines is 1. The van der Waals surface area contributed by atoms with Crippen molar-refractivity contribution < 1.29 is 18.0 Å². The Balaban J connectivity index is 2.30. The third-order valence-electron chi connectivity index (χ3n) is 3.10. The van der Waals surface area contributed by atoms with E-state index >= 15 is 0 Å². The highest BCUT2D eigenvalue weighted by Gasteiger charge is 2.34. The predicted octanol–water partition coefficient (Wildman–Crippen LogP) is 2.67. The summed E-state index contributed by atoms with van der Waals surface area (Å²) in [5.74, 6) is -0.150. The molecule has 1 aromatic rings. The number of carbonyl (C=O) groups is 1. The zero-order valence-electron chi connectivity index (χ0n) is 9.88. The Bertz CT molecular complexity index is 504.